The average Bonchev–Trinajstić information content (AvgIpc) is 2.72. The molecule has 1 aromatic rings. The molecule has 1 heteroatoms. The molecule has 0 aliphatic heterocycles. The van der Waals surface area contributed by atoms with Gasteiger partial charge in [0, 0.05) is 6.04 Å². The molecule has 1 saturated carbocycles. The van der Waals surface area contributed by atoms with E-state index in [1.165, 1.54) is 57.1 Å². The Bertz CT molecular complexity index is 349. The van der Waals surface area contributed by atoms with Gasteiger partial charge in [0.2, 0.25) is 0 Å². The van der Waals surface area contributed by atoms with Crippen molar-refractivity contribution in [3.05, 3.63) is 35.9 Å². The third-order valence-corrected chi connectivity index (χ3v) is 4.54. The summed E-state index contributed by atoms with van der Waals surface area (Å²) in [4.78, 5) is 0. The number of benzene rings is 1. The Morgan fingerprint density at radius 1 is 1.00 bits per heavy atom. The summed E-state index contributed by atoms with van der Waals surface area (Å²) in [5.74, 6) is 1.64. The van der Waals surface area contributed by atoms with Crippen LogP contribution in [0.5, 0.6) is 0 Å². The molecule has 2 rings (SSSR count). The van der Waals surface area contributed by atoms with E-state index in [4.69, 9.17) is 0 Å². The molecule has 1 atom stereocenters. The summed E-state index contributed by atoms with van der Waals surface area (Å²) in [5.41, 5.74) is 1.45. The molecule has 1 aliphatic carbocycles. The topological polar surface area (TPSA) is 12.0 Å². The molecule has 0 amide bonds. The lowest BCUT2D eigenvalue weighted by Gasteiger charge is -2.24. The van der Waals surface area contributed by atoms with Gasteiger partial charge in [-0.15, -0.1) is 0 Å². The maximum Gasteiger partial charge on any atom is 0.0322 e. The Balaban J connectivity index is 1.90. The van der Waals surface area contributed by atoms with Crippen molar-refractivity contribution in [3.63, 3.8) is 0 Å². The van der Waals surface area contributed by atoms with Gasteiger partial charge in [0.05, 0.1) is 0 Å². The van der Waals surface area contributed by atoms with Gasteiger partial charge >= 0.3 is 0 Å². The van der Waals surface area contributed by atoms with Crippen LogP contribution in [0.1, 0.15) is 70.4 Å². The highest BCUT2D eigenvalue weighted by Gasteiger charge is 2.16. The molecule has 1 nitrogen and oxygen atoms in total. The predicted molar refractivity (Wildman–Crippen MR) is 87.8 cm³/mol. The number of hydrogen-bond acceptors (Lipinski definition) is 1. The van der Waals surface area contributed by atoms with Crippen LogP contribution < -0.4 is 5.32 Å². The van der Waals surface area contributed by atoms with E-state index in [1.807, 2.05) is 0 Å². The molecule has 0 saturated heterocycles. The van der Waals surface area contributed by atoms with E-state index in [1.54, 1.807) is 0 Å². The van der Waals surface area contributed by atoms with Gasteiger partial charge in [-0.1, -0.05) is 69.9 Å². The van der Waals surface area contributed by atoms with Gasteiger partial charge in [-0.3, -0.25) is 0 Å². The van der Waals surface area contributed by atoms with Crippen LogP contribution in [0.25, 0.3) is 0 Å². The van der Waals surface area contributed by atoms with E-state index < -0.39 is 0 Å². The highest BCUT2D eigenvalue weighted by atomic mass is 14.9. The smallest absolute Gasteiger partial charge is 0.0322 e. The highest BCUT2D eigenvalue weighted by molar-refractivity contribution is 5.18. The zero-order valence-corrected chi connectivity index (χ0v) is 13.3. The molecule has 0 heterocycles. The third-order valence-electron chi connectivity index (χ3n) is 4.54. The van der Waals surface area contributed by atoms with Gasteiger partial charge < -0.3 is 5.32 Å². The molecule has 1 fully saturated rings. The minimum Gasteiger partial charge on any atom is -0.310 e. The summed E-state index contributed by atoms with van der Waals surface area (Å²) in [6.45, 7) is 5.85. The fraction of sp³-hybridized carbons (Fsp3) is 0.684. The van der Waals surface area contributed by atoms with Crippen molar-refractivity contribution in [2.75, 3.05) is 6.54 Å². The van der Waals surface area contributed by atoms with Gasteiger partial charge in [-0.25, -0.2) is 0 Å². The lowest BCUT2D eigenvalue weighted by molar-refractivity contribution is 0.363. The maximum absolute atomic E-state index is 3.86. The molecular weight excluding hydrogens is 242 g/mol. The second-order valence-corrected chi connectivity index (χ2v) is 6.86. The minimum atomic E-state index is 0.527. The molecule has 1 aromatic carbocycles. The van der Waals surface area contributed by atoms with E-state index in [0.717, 1.165) is 11.8 Å². The van der Waals surface area contributed by atoms with Crippen molar-refractivity contribution >= 4 is 0 Å². The van der Waals surface area contributed by atoms with Crippen LogP contribution >= 0.6 is 0 Å². The van der Waals surface area contributed by atoms with Crippen molar-refractivity contribution < 1.29 is 0 Å². The summed E-state index contributed by atoms with van der Waals surface area (Å²) < 4.78 is 0. The van der Waals surface area contributed by atoms with Crippen LogP contribution in [-0.4, -0.2) is 6.54 Å². The van der Waals surface area contributed by atoms with Crippen molar-refractivity contribution in [2.24, 2.45) is 11.8 Å². The second kappa shape index (κ2) is 8.46. The predicted octanol–water partition coefficient (Wildman–Crippen LogP) is 5.33. The maximum atomic E-state index is 3.86. The van der Waals surface area contributed by atoms with E-state index in [0.29, 0.717) is 6.04 Å². The highest BCUT2D eigenvalue weighted by Crippen LogP contribution is 2.25. The zero-order chi connectivity index (χ0) is 14.2. The van der Waals surface area contributed by atoms with E-state index >= 15 is 0 Å². The zero-order valence-electron chi connectivity index (χ0n) is 13.3. The van der Waals surface area contributed by atoms with Crippen LogP contribution in [0, 0.1) is 11.8 Å². The third kappa shape index (κ3) is 5.28. The lowest BCUT2D eigenvalue weighted by atomic mass is 9.95. The quantitative estimate of drug-likeness (QED) is 0.690. The summed E-state index contributed by atoms with van der Waals surface area (Å²) in [6, 6.07) is 11.5. The molecule has 0 radical (unpaired) electrons. The SMILES string of the molecule is CC(C)CC(NCC1CCCCCC1)c1ccccc1. The molecular formula is C19H31N. The first kappa shape index (κ1) is 15.6. The van der Waals surface area contributed by atoms with Crippen LogP contribution in [-0.2, 0) is 0 Å². The number of rotatable bonds is 6. The van der Waals surface area contributed by atoms with Crippen molar-refractivity contribution in [3.8, 4) is 0 Å². The Morgan fingerprint density at radius 2 is 1.65 bits per heavy atom. The van der Waals surface area contributed by atoms with Gasteiger partial charge in [-0.05, 0) is 43.2 Å². The normalized spacial score (nSPS) is 18.9. The summed E-state index contributed by atoms with van der Waals surface area (Å²) in [6.07, 6.45) is 9.86. The molecule has 1 unspecified atom stereocenters. The van der Waals surface area contributed by atoms with Crippen LogP contribution in [0.15, 0.2) is 30.3 Å². The molecule has 1 aliphatic rings. The van der Waals surface area contributed by atoms with E-state index in [-0.39, 0.29) is 0 Å². The largest absolute Gasteiger partial charge is 0.310 e. The first-order chi connectivity index (χ1) is 9.75. The first-order valence-corrected chi connectivity index (χ1v) is 8.54. The van der Waals surface area contributed by atoms with Crippen molar-refractivity contribution in [1.29, 1.82) is 0 Å². The molecule has 0 spiro atoms. The van der Waals surface area contributed by atoms with E-state index in [9.17, 15) is 0 Å². The number of nitrogens with one attached hydrogen (secondary N) is 1. The Kier molecular flexibility index (Phi) is 6.59. The molecule has 0 bridgehead atoms. The minimum absolute atomic E-state index is 0.527. The van der Waals surface area contributed by atoms with Crippen LogP contribution in [0.2, 0.25) is 0 Å². The van der Waals surface area contributed by atoms with Gasteiger partial charge in [0.1, 0.15) is 0 Å². The standard InChI is InChI=1S/C19H31N/c1-16(2)14-19(18-12-8-5-9-13-18)20-15-17-10-6-3-4-7-11-17/h5,8-9,12-13,16-17,19-20H,3-4,6-7,10-11,14-15H2,1-2H3. The van der Waals surface area contributed by atoms with Crippen molar-refractivity contribution in [1.82, 2.24) is 5.32 Å². The molecule has 1 N–H and O–H groups in total. The molecule has 112 valence electrons. The fourth-order valence-electron chi connectivity index (χ4n) is 3.37. The monoisotopic (exact) mass is 273 g/mol. The second-order valence-electron chi connectivity index (χ2n) is 6.86. The number of hydrogen-bond donors (Lipinski definition) is 1. The summed E-state index contributed by atoms with van der Waals surface area (Å²) >= 11 is 0. The average molecular weight is 273 g/mol. The summed E-state index contributed by atoms with van der Waals surface area (Å²) in [7, 11) is 0. The Labute approximate surface area is 125 Å². The lowest BCUT2D eigenvalue weighted by Crippen LogP contribution is -2.28. The fourth-order valence-corrected chi connectivity index (χ4v) is 3.37. The van der Waals surface area contributed by atoms with Gasteiger partial charge in [-0.2, -0.15) is 0 Å². The van der Waals surface area contributed by atoms with Crippen molar-refractivity contribution in [2.45, 2.75) is 64.8 Å². The first-order valence-electron chi connectivity index (χ1n) is 8.54. The summed E-state index contributed by atoms with van der Waals surface area (Å²) in [5, 5.41) is 3.86. The Morgan fingerprint density at radius 3 is 2.25 bits per heavy atom. The van der Waals surface area contributed by atoms with E-state index in [2.05, 4.69) is 49.5 Å². The van der Waals surface area contributed by atoms with Gasteiger partial charge in [0.25, 0.3) is 0 Å². The molecule has 20 heavy (non-hydrogen) atoms. The van der Waals surface area contributed by atoms with Crippen LogP contribution in [0.3, 0.4) is 0 Å². The molecule has 0 aromatic heterocycles. The van der Waals surface area contributed by atoms with Crippen LogP contribution in [0.4, 0.5) is 0 Å². The Hall–Kier alpha value is -0.820. The van der Waals surface area contributed by atoms with Gasteiger partial charge in [0.15, 0.2) is 0 Å².